The summed E-state index contributed by atoms with van der Waals surface area (Å²) >= 11 is 1.75. The van der Waals surface area contributed by atoms with Crippen LogP contribution >= 0.6 is 11.8 Å². The Morgan fingerprint density at radius 1 is 0.972 bits per heavy atom. The summed E-state index contributed by atoms with van der Waals surface area (Å²) in [5.74, 6) is 0.383. The van der Waals surface area contributed by atoms with Crippen molar-refractivity contribution in [2.24, 2.45) is 0 Å². The number of aryl methyl sites for hydroxylation is 2. The Hall–Kier alpha value is -3.61. The van der Waals surface area contributed by atoms with Crippen LogP contribution < -0.4 is 11.1 Å². The van der Waals surface area contributed by atoms with Gasteiger partial charge >= 0.3 is 0 Å². The van der Waals surface area contributed by atoms with E-state index in [1.54, 1.807) is 11.8 Å². The first-order chi connectivity index (χ1) is 17.4. The first kappa shape index (κ1) is 22.8. The van der Waals surface area contributed by atoms with E-state index in [-0.39, 0.29) is 18.1 Å². The van der Waals surface area contributed by atoms with Gasteiger partial charge in [0, 0.05) is 22.7 Å². The van der Waals surface area contributed by atoms with Crippen molar-refractivity contribution >= 4 is 23.5 Å². The monoisotopic (exact) mass is 493 g/mol. The SMILES string of the molecule is CSc1ccccc1-c1ccc2c(c1)C1OC2c2ccc(C(=O)NCc3c(C)cc(N)nc3C)cc21. The summed E-state index contributed by atoms with van der Waals surface area (Å²) in [7, 11) is 0. The normalized spacial score (nSPS) is 17.1. The fourth-order valence-corrected chi connectivity index (χ4v) is 6.08. The molecule has 0 radical (unpaired) electrons. The second-order valence-electron chi connectivity index (χ2n) is 9.39. The largest absolute Gasteiger partial charge is 0.384 e. The average molecular weight is 494 g/mol. The van der Waals surface area contributed by atoms with E-state index in [0.717, 1.165) is 27.9 Å². The number of ether oxygens (including phenoxy) is 1. The lowest BCUT2D eigenvalue weighted by Gasteiger charge is -2.18. The van der Waals surface area contributed by atoms with Crippen LogP contribution in [0, 0.1) is 13.8 Å². The Kier molecular flexibility index (Phi) is 5.58. The third-order valence-electron chi connectivity index (χ3n) is 7.26. The number of carbonyl (C=O) groups excluding carboxylic acids is 1. The number of aromatic nitrogens is 1. The maximum absolute atomic E-state index is 13.1. The van der Waals surface area contributed by atoms with Crippen LogP contribution in [-0.4, -0.2) is 17.1 Å². The van der Waals surface area contributed by atoms with Gasteiger partial charge in [0.05, 0.1) is 0 Å². The molecule has 2 atom stereocenters. The zero-order valence-electron chi connectivity index (χ0n) is 20.5. The summed E-state index contributed by atoms with van der Waals surface area (Å²) in [6, 6.07) is 22.9. The van der Waals surface area contributed by atoms with E-state index in [0.29, 0.717) is 17.9 Å². The molecule has 3 N–H and O–H groups in total. The molecule has 2 bridgehead atoms. The minimum atomic E-state index is -0.153. The van der Waals surface area contributed by atoms with E-state index in [1.165, 1.54) is 27.1 Å². The maximum atomic E-state index is 13.1. The Morgan fingerprint density at radius 2 is 1.69 bits per heavy atom. The highest BCUT2D eigenvalue weighted by Gasteiger charge is 2.43. The maximum Gasteiger partial charge on any atom is 0.251 e. The molecule has 6 rings (SSSR count). The lowest BCUT2D eigenvalue weighted by atomic mass is 9.84. The number of hydrogen-bond acceptors (Lipinski definition) is 5. The smallest absolute Gasteiger partial charge is 0.251 e. The first-order valence-electron chi connectivity index (χ1n) is 12.0. The third kappa shape index (κ3) is 3.69. The number of fused-ring (bicyclic) bond motifs is 8. The van der Waals surface area contributed by atoms with Crippen LogP contribution in [0.15, 0.2) is 71.6 Å². The second kappa shape index (κ2) is 8.80. The van der Waals surface area contributed by atoms with Gasteiger partial charge in [0.2, 0.25) is 0 Å². The van der Waals surface area contributed by atoms with Gasteiger partial charge in [-0.3, -0.25) is 4.79 Å². The molecule has 3 aromatic carbocycles. The molecule has 4 aromatic rings. The molecule has 2 aliphatic rings. The summed E-state index contributed by atoms with van der Waals surface area (Å²) in [5.41, 5.74) is 16.4. The number of anilines is 1. The molecule has 0 aliphatic carbocycles. The molecule has 2 aliphatic heterocycles. The number of nitrogens with two attached hydrogens (primary N) is 1. The summed E-state index contributed by atoms with van der Waals surface area (Å²) in [6.45, 7) is 4.31. The molecule has 0 fully saturated rings. The number of thioether (sulfide) groups is 1. The van der Waals surface area contributed by atoms with Crippen LogP contribution in [-0.2, 0) is 11.3 Å². The molecule has 6 heteroatoms. The molecule has 0 spiro atoms. The highest BCUT2D eigenvalue weighted by Crippen LogP contribution is 2.55. The Labute approximate surface area is 215 Å². The summed E-state index contributed by atoms with van der Waals surface area (Å²) < 4.78 is 6.41. The van der Waals surface area contributed by atoms with E-state index in [9.17, 15) is 4.79 Å². The molecule has 0 saturated heterocycles. The van der Waals surface area contributed by atoms with Gasteiger partial charge in [-0.1, -0.05) is 36.4 Å². The summed E-state index contributed by atoms with van der Waals surface area (Å²) in [5, 5.41) is 3.05. The van der Waals surface area contributed by atoms with Gasteiger partial charge < -0.3 is 15.8 Å². The topological polar surface area (TPSA) is 77.2 Å². The minimum absolute atomic E-state index is 0.0758. The van der Waals surface area contributed by atoms with Gasteiger partial charge in [0.1, 0.15) is 18.0 Å². The number of nitrogens with one attached hydrogen (secondary N) is 1. The predicted molar refractivity (Wildman–Crippen MR) is 144 cm³/mol. The molecule has 5 nitrogen and oxygen atoms in total. The molecule has 3 heterocycles. The first-order valence-corrected chi connectivity index (χ1v) is 13.2. The summed E-state index contributed by atoms with van der Waals surface area (Å²) in [4.78, 5) is 18.6. The number of amides is 1. The predicted octanol–water partition coefficient (Wildman–Crippen LogP) is 6.12. The van der Waals surface area contributed by atoms with Crippen LogP contribution in [0.25, 0.3) is 11.1 Å². The minimum Gasteiger partial charge on any atom is -0.384 e. The number of nitrogen functional groups attached to an aromatic ring is 1. The van der Waals surface area contributed by atoms with Crippen LogP contribution in [0.2, 0.25) is 0 Å². The zero-order valence-corrected chi connectivity index (χ0v) is 21.3. The van der Waals surface area contributed by atoms with Crippen molar-refractivity contribution in [1.82, 2.24) is 10.3 Å². The fraction of sp³-hybridized carbons (Fsp3) is 0.200. The molecule has 0 saturated carbocycles. The molecule has 36 heavy (non-hydrogen) atoms. The summed E-state index contributed by atoms with van der Waals surface area (Å²) in [6.07, 6.45) is 1.87. The van der Waals surface area contributed by atoms with Crippen molar-refractivity contribution < 1.29 is 9.53 Å². The van der Waals surface area contributed by atoms with E-state index in [2.05, 4.69) is 59.0 Å². The fourth-order valence-electron chi connectivity index (χ4n) is 5.46. The highest BCUT2D eigenvalue weighted by molar-refractivity contribution is 7.98. The molecule has 2 unspecified atom stereocenters. The van der Waals surface area contributed by atoms with Crippen LogP contribution in [0.4, 0.5) is 5.82 Å². The van der Waals surface area contributed by atoms with Gasteiger partial charge in [0.25, 0.3) is 5.91 Å². The van der Waals surface area contributed by atoms with E-state index < -0.39 is 0 Å². The molecular formula is C30H27N3O2S. The Morgan fingerprint density at radius 3 is 2.47 bits per heavy atom. The molecule has 1 aromatic heterocycles. The van der Waals surface area contributed by atoms with E-state index >= 15 is 0 Å². The standard InChI is InChI=1S/C30H27N3O2S/c1-16-12-27(31)33-17(2)25(16)15-32-30(34)19-9-11-22-24(14-19)29-23-13-18(8-10-21(23)28(22)35-29)20-6-4-5-7-26(20)36-3/h4-14,28-29H,15H2,1-3H3,(H2,31,33)(H,32,34). The third-order valence-corrected chi connectivity index (χ3v) is 8.05. The number of benzene rings is 3. The van der Waals surface area contributed by atoms with Gasteiger partial charge in [-0.05, 0) is 94.9 Å². The second-order valence-corrected chi connectivity index (χ2v) is 10.2. The van der Waals surface area contributed by atoms with Gasteiger partial charge in [-0.15, -0.1) is 11.8 Å². The quantitative estimate of drug-likeness (QED) is 0.328. The van der Waals surface area contributed by atoms with Crippen LogP contribution in [0.3, 0.4) is 0 Å². The van der Waals surface area contributed by atoms with Crippen molar-refractivity contribution in [2.45, 2.75) is 37.5 Å². The van der Waals surface area contributed by atoms with Gasteiger partial charge in [-0.2, -0.15) is 0 Å². The van der Waals surface area contributed by atoms with Crippen molar-refractivity contribution in [3.63, 3.8) is 0 Å². The van der Waals surface area contributed by atoms with Crippen molar-refractivity contribution in [2.75, 3.05) is 12.0 Å². The number of carbonyl (C=O) groups is 1. The van der Waals surface area contributed by atoms with Crippen molar-refractivity contribution in [3.8, 4) is 11.1 Å². The van der Waals surface area contributed by atoms with Crippen LogP contribution in [0.5, 0.6) is 0 Å². The Bertz CT molecular complexity index is 1510. The number of nitrogens with zero attached hydrogens (tertiary/aromatic N) is 1. The lowest BCUT2D eigenvalue weighted by molar-refractivity contribution is 0.0857. The number of rotatable bonds is 5. The molecule has 1 amide bonds. The van der Waals surface area contributed by atoms with Crippen LogP contribution in [0.1, 0.15) is 61.6 Å². The molecule has 180 valence electrons. The number of hydrogen-bond donors (Lipinski definition) is 2. The van der Waals surface area contributed by atoms with Gasteiger partial charge in [-0.25, -0.2) is 4.98 Å². The number of pyridine rings is 1. The van der Waals surface area contributed by atoms with Crippen molar-refractivity contribution in [3.05, 3.63) is 111 Å². The van der Waals surface area contributed by atoms with Crippen molar-refractivity contribution in [1.29, 1.82) is 0 Å². The van der Waals surface area contributed by atoms with Gasteiger partial charge in [0.15, 0.2) is 0 Å². The average Bonchev–Trinajstić information content (AvgIpc) is 3.44. The zero-order chi connectivity index (χ0) is 25.0. The Balaban J connectivity index is 1.27. The lowest BCUT2D eigenvalue weighted by Crippen LogP contribution is -2.24. The highest BCUT2D eigenvalue weighted by atomic mass is 32.2. The van der Waals surface area contributed by atoms with E-state index in [4.69, 9.17) is 10.5 Å². The molecular weight excluding hydrogens is 466 g/mol. The van der Waals surface area contributed by atoms with E-state index in [1.807, 2.05) is 38.1 Å².